The lowest BCUT2D eigenvalue weighted by Gasteiger charge is -2.03. The fourth-order valence-corrected chi connectivity index (χ4v) is 4.37. The van der Waals surface area contributed by atoms with Crippen molar-refractivity contribution >= 4 is 33.3 Å². The van der Waals surface area contributed by atoms with Gasteiger partial charge in [0.15, 0.2) is 5.82 Å². The highest BCUT2D eigenvalue weighted by Crippen LogP contribution is 2.34. The van der Waals surface area contributed by atoms with E-state index >= 15 is 0 Å². The first-order valence-electron chi connectivity index (χ1n) is 7.93. The zero-order chi connectivity index (χ0) is 16.7. The predicted octanol–water partition coefficient (Wildman–Crippen LogP) is 1.78. The van der Waals surface area contributed by atoms with Crippen molar-refractivity contribution in [3.8, 4) is 0 Å². The van der Waals surface area contributed by atoms with Gasteiger partial charge >= 0.3 is 0 Å². The molecule has 24 heavy (non-hydrogen) atoms. The van der Waals surface area contributed by atoms with E-state index in [0.29, 0.717) is 18.1 Å². The Balaban J connectivity index is 1.49. The van der Waals surface area contributed by atoms with Crippen LogP contribution in [0.15, 0.2) is 17.1 Å². The van der Waals surface area contributed by atoms with E-state index in [1.165, 1.54) is 10.4 Å². The van der Waals surface area contributed by atoms with Crippen LogP contribution in [0.5, 0.6) is 0 Å². The smallest absolute Gasteiger partial charge is 0.259 e. The van der Waals surface area contributed by atoms with Gasteiger partial charge in [0.25, 0.3) is 5.56 Å². The van der Waals surface area contributed by atoms with E-state index in [0.717, 1.165) is 29.5 Å². The van der Waals surface area contributed by atoms with Crippen LogP contribution in [0.1, 0.15) is 29.1 Å². The van der Waals surface area contributed by atoms with Crippen LogP contribution < -0.4 is 10.9 Å². The van der Waals surface area contributed by atoms with Crippen molar-refractivity contribution in [2.24, 2.45) is 7.05 Å². The maximum Gasteiger partial charge on any atom is 0.259 e. The highest BCUT2D eigenvalue weighted by molar-refractivity contribution is 7.18. The van der Waals surface area contributed by atoms with Crippen LogP contribution in [0.2, 0.25) is 0 Å². The zero-order valence-corrected chi connectivity index (χ0v) is 14.1. The molecule has 0 saturated heterocycles. The Hall–Kier alpha value is -2.48. The molecule has 0 fully saturated rings. The Kier molecular flexibility index (Phi) is 3.68. The quantitative estimate of drug-likeness (QED) is 0.755. The molecular formula is C16H17N5O2S. The second kappa shape index (κ2) is 5.86. The second-order valence-electron chi connectivity index (χ2n) is 5.97. The molecule has 0 unspecified atom stereocenters. The van der Waals surface area contributed by atoms with E-state index in [4.69, 9.17) is 0 Å². The number of nitrogens with one attached hydrogen (secondary N) is 2. The summed E-state index contributed by atoms with van der Waals surface area (Å²) in [4.78, 5) is 33.8. The minimum Gasteiger partial charge on any atom is -0.310 e. The highest BCUT2D eigenvalue weighted by atomic mass is 32.1. The third kappa shape index (κ3) is 2.73. The van der Waals surface area contributed by atoms with E-state index < -0.39 is 0 Å². The molecule has 1 aliphatic rings. The van der Waals surface area contributed by atoms with Crippen molar-refractivity contribution in [2.75, 3.05) is 5.32 Å². The van der Waals surface area contributed by atoms with Gasteiger partial charge in [-0.1, -0.05) is 0 Å². The molecule has 124 valence electrons. The van der Waals surface area contributed by atoms with E-state index in [9.17, 15) is 9.59 Å². The Morgan fingerprint density at radius 2 is 2.33 bits per heavy atom. The summed E-state index contributed by atoms with van der Waals surface area (Å²) in [6.07, 6.45) is 5.52. The highest BCUT2D eigenvalue weighted by Gasteiger charge is 2.21. The van der Waals surface area contributed by atoms with Crippen molar-refractivity contribution in [2.45, 2.75) is 32.1 Å². The molecule has 0 spiro atoms. The molecule has 8 heteroatoms. The maximum absolute atomic E-state index is 12.4. The number of aromatic amines is 1. The molecule has 3 aromatic rings. The summed E-state index contributed by atoms with van der Waals surface area (Å²) in [6, 6.07) is 1.73. The summed E-state index contributed by atoms with van der Waals surface area (Å²) in [5.74, 6) is 0.933. The first-order chi connectivity index (χ1) is 11.6. The van der Waals surface area contributed by atoms with Crippen molar-refractivity contribution in [3.05, 3.63) is 38.9 Å². The number of aromatic nitrogens is 4. The molecule has 3 heterocycles. The van der Waals surface area contributed by atoms with Gasteiger partial charge in [0, 0.05) is 37.0 Å². The molecule has 4 rings (SSSR count). The molecule has 3 aromatic heterocycles. The summed E-state index contributed by atoms with van der Waals surface area (Å²) < 4.78 is 1.62. The average Bonchev–Trinajstić information content (AvgIpc) is 3.20. The van der Waals surface area contributed by atoms with E-state index in [2.05, 4.69) is 20.4 Å². The van der Waals surface area contributed by atoms with Gasteiger partial charge in [-0.3, -0.25) is 14.3 Å². The standard InChI is InChI=1S/C16H17N5O2S/c1-21-8-7-12(20-21)17-13(22)6-5-11-18-15(23)14-9-3-2-4-10(9)24-16(14)19-11/h7-8H,2-6H2,1H3,(H,17,20,22)(H,18,19,23). The Labute approximate surface area is 141 Å². The van der Waals surface area contributed by atoms with Gasteiger partial charge < -0.3 is 10.3 Å². The Morgan fingerprint density at radius 3 is 3.12 bits per heavy atom. The largest absolute Gasteiger partial charge is 0.310 e. The first kappa shape index (κ1) is 15.1. The number of nitrogens with zero attached hydrogens (tertiary/aromatic N) is 3. The van der Waals surface area contributed by atoms with Gasteiger partial charge in [-0.2, -0.15) is 5.10 Å². The zero-order valence-electron chi connectivity index (χ0n) is 13.3. The van der Waals surface area contributed by atoms with Gasteiger partial charge in [0.05, 0.1) is 5.39 Å². The van der Waals surface area contributed by atoms with E-state index in [1.54, 1.807) is 35.3 Å². The topological polar surface area (TPSA) is 92.7 Å². The summed E-state index contributed by atoms with van der Waals surface area (Å²) in [5.41, 5.74) is 1.09. The van der Waals surface area contributed by atoms with Gasteiger partial charge in [0.1, 0.15) is 10.7 Å². The lowest BCUT2D eigenvalue weighted by Crippen LogP contribution is -2.16. The van der Waals surface area contributed by atoms with Crippen LogP contribution in [0.4, 0.5) is 5.82 Å². The van der Waals surface area contributed by atoms with Crippen molar-refractivity contribution in [1.29, 1.82) is 0 Å². The van der Waals surface area contributed by atoms with E-state index in [-0.39, 0.29) is 17.9 Å². The maximum atomic E-state index is 12.4. The number of carbonyl (C=O) groups is 1. The fourth-order valence-electron chi connectivity index (χ4n) is 3.08. The summed E-state index contributed by atoms with van der Waals surface area (Å²) in [5, 5.41) is 7.57. The lowest BCUT2D eigenvalue weighted by molar-refractivity contribution is -0.116. The monoisotopic (exact) mass is 343 g/mol. The van der Waals surface area contributed by atoms with Crippen LogP contribution in [-0.2, 0) is 31.1 Å². The number of amides is 1. The molecule has 7 nitrogen and oxygen atoms in total. The van der Waals surface area contributed by atoms with Gasteiger partial charge in [0.2, 0.25) is 5.91 Å². The lowest BCUT2D eigenvalue weighted by atomic mass is 10.2. The summed E-state index contributed by atoms with van der Waals surface area (Å²) in [7, 11) is 1.79. The SMILES string of the molecule is Cn1ccc(NC(=O)CCc2nc3sc4c(c3c(=O)[nH]2)CCC4)n1. The molecular weight excluding hydrogens is 326 g/mol. The molecule has 0 atom stereocenters. The molecule has 1 aliphatic carbocycles. The van der Waals surface area contributed by atoms with Crippen LogP contribution in [-0.4, -0.2) is 25.7 Å². The van der Waals surface area contributed by atoms with Crippen LogP contribution in [0.3, 0.4) is 0 Å². The molecule has 0 bridgehead atoms. The number of H-pyrrole nitrogens is 1. The number of anilines is 1. The normalized spacial score (nSPS) is 13.4. The van der Waals surface area contributed by atoms with Crippen LogP contribution in [0.25, 0.3) is 10.2 Å². The van der Waals surface area contributed by atoms with Gasteiger partial charge in [-0.25, -0.2) is 4.98 Å². The molecule has 0 aliphatic heterocycles. The van der Waals surface area contributed by atoms with E-state index in [1.807, 2.05) is 0 Å². The molecule has 0 aromatic carbocycles. The molecule has 2 N–H and O–H groups in total. The minimum absolute atomic E-state index is 0.0838. The predicted molar refractivity (Wildman–Crippen MR) is 92.4 cm³/mol. The number of fused-ring (bicyclic) bond motifs is 3. The van der Waals surface area contributed by atoms with Crippen molar-refractivity contribution < 1.29 is 4.79 Å². The van der Waals surface area contributed by atoms with Crippen LogP contribution in [0, 0.1) is 0 Å². The number of rotatable bonds is 4. The summed E-state index contributed by atoms with van der Waals surface area (Å²) >= 11 is 1.61. The van der Waals surface area contributed by atoms with Crippen LogP contribution >= 0.6 is 11.3 Å². The molecule has 1 amide bonds. The Morgan fingerprint density at radius 1 is 1.46 bits per heavy atom. The van der Waals surface area contributed by atoms with Gasteiger partial charge in [-0.15, -0.1) is 11.3 Å². The number of hydrogen-bond acceptors (Lipinski definition) is 5. The van der Waals surface area contributed by atoms with Crippen molar-refractivity contribution in [1.82, 2.24) is 19.7 Å². The summed E-state index contributed by atoms with van der Waals surface area (Å²) in [6.45, 7) is 0. The number of thiophene rings is 1. The first-order valence-corrected chi connectivity index (χ1v) is 8.75. The Bertz CT molecular complexity index is 984. The molecule has 0 saturated carbocycles. The van der Waals surface area contributed by atoms with Crippen molar-refractivity contribution in [3.63, 3.8) is 0 Å². The number of hydrogen-bond donors (Lipinski definition) is 2. The fraction of sp³-hybridized carbons (Fsp3) is 0.375. The third-order valence-corrected chi connectivity index (χ3v) is 5.38. The third-order valence-electron chi connectivity index (χ3n) is 4.19. The average molecular weight is 343 g/mol. The van der Waals surface area contributed by atoms with Gasteiger partial charge in [-0.05, 0) is 24.8 Å². The molecule has 0 radical (unpaired) electrons. The number of carbonyl (C=O) groups excluding carboxylic acids is 1. The number of aryl methyl sites for hydroxylation is 4. The second-order valence-corrected chi connectivity index (χ2v) is 7.06. The minimum atomic E-state index is -0.148.